The number of piperidine rings is 1. The molecule has 1 atom stereocenters. The highest BCUT2D eigenvalue weighted by atomic mass is 79.9. The smallest absolute Gasteiger partial charge is 0.264 e. The number of thiophene rings is 1. The van der Waals surface area contributed by atoms with Crippen LogP contribution in [0.2, 0.25) is 0 Å². The third kappa shape index (κ3) is 5.09. The second kappa shape index (κ2) is 7.91. The Balaban J connectivity index is 1.74. The van der Waals surface area contributed by atoms with Crippen LogP contribution in [0, 0.1) is 5.92 Å². The van der Waals surface area contributed by atoms with E-state index in [1.165, 1.54) is 16.2 Å². The SMILES string of the molecule is CN(CC(=O)NCC1CCCNC1)C(=O)c1ccc(Br)s1. The van der Waals surface area contributed by atoms with Crippen molar-refractivity contribution in [2.45, 2.75) is 12.8 Å². The monoisotopic (exact) mass is 373 g/mol. The van der Waals surface area contributed by atoms with E-state index >= 15 is 0 Å². The highest BCUT2D eigenvalue weighted by Crippen LogP contribution is 2.22. The standard InChI is InChI=1S/C14H20BrN3O2S/c1-18(14(20)11-4-5-12(15)21-11)9-13(19)17-8-10-3-2-6-16-7-10/h4-5,10,16H,2-3,6-9H2,1H3,(H,17,19). The molecule has 0 radical (unpaired) electrons. The van der Waals surface area contributed by atoms with Crippen molar-refractivity contribution in [1.29, 1.82) is 0 Å². The van der Waals surface area contributed by atoms with Crippen LogP contribution in [-0.4, -0.2) is 49.9 Å². The quantitative estimate of drug-likeness (QED) is 0.825. The molecule has 0 spiro atoms. The minimum atomic E-state index is -0.125. The van der Waals surface area contributed by atoms with Crippen molar-refractivity contribution in [1.82, 2.24) is 15.5 Å². The number of hydrogen-bond acceptors (Lipinski definition) is 4. The fraction of sp³-hybridized carbons (Fsp3) is 0.571. The van der Waals surface area contributed by atoms with Crippen molar-refractivity contribution in [3.05, 3.63) is 20.8 Å². The molecule has 1 aromatic heterocycles. The molecule has 0 bridgehead atoms. The molecule has 2 heterocycles. The number of carbonyl (C=O) groups excluding carboxylic acids is 2. The number of nitrogens with zero attached hydrogens (tertiary/aromatic N) is 1. The minimum Gasteiger partial charge on any atom is -0.354 e. The van der Waals surface area contributed by atoms with Gasteiger partial charge in [0.2, 0.25) is 5.91 Å². The van der Waals surface area contributed by atoms with E-state index in [4.69, 9.17) is 0 Å². The molecule has 116 valence electrons. The number of rotatable bonds is 5. The van der Waals surface area contributed by atoms with E-state index in [-0.39, 0.29) is 18.4 Å². The number of halogens is 1. The van der Waals surface area contributed by atoms with Gasteiger partial charge in [-0.1, -0.05) is 0 Å². The highest BCUT2D eigenvalue weighted by Gasteiger charge is 2.18. The third-order valence-electron chi connectivity index (χ3n) is 3.50. The van der Waals surface area contributed by atoms with Crippen molar-refractivity contribution in [3.63, 3.8) is 0 Å². The Kier molecular flexibility index (Phi) is 6.20. The Morgan fingerprint density at radius 3 is 2.95 bits per heavy atom. The fourth-order valence-electron chi connectivity index (χ4n) is 2.32. The lowest BCUT2D eigenvalue weighted by Crippen LogP contribution is -2.42. The maximum Gasteiger partial charge on any atom is 0.264 e. The van der Waals surface area contributed by atoms with Gasteiger partial charge in [0.05, 0.1) is 15.2 Å². The first-order valence-corrected chi connectivity index (χ1v) is 8.65. The first-order chi connectivity index (χ1) is 10.1. The Labute approximate surface area is 137 Å². The van der Waals surface area contributed by atoms with Gasteiger partial charge in [0.15, 0.2) is 0 Å². The van der Waals surface area contributed by atoms with Crippen molar-refractivity contribution in [2.75, 3.05) is 33.2 Å². The Morgan fingerprint density at radius 2 is 2.33 bits per heavy atom. The van der Waals surface area contributed by atoms with E-state index in [2.05, 4.69) is 26.6 Å². The van der Waals surface area contributed by atoms with Crippen LogP contribution in [0.4, 0.5) is 0 Å². The van der Waals surface area contributed by atoms with Gasteiger partial charge in [0.25, 0.3) is 5.91 Å². The topological polar surface area (TPSA) is 61.4 Å². The summed E-state index contributed by atoms with van der Waals surface area (Å²) in [6.45, 7) is 2.79. The van der Waals surface area contributed by atoms with Crippen molar-refractivity contribution >= 4 is 39.1 Å². The third-order valence-corrected chi connectivity index (χ3v) is 5.11. The Hall–Kier alpha value is -0.920. The minimum absolute atomic E-state index is 0.0918. The normalized spacial score (nSPS) is 18.3. The van der Waals surface area contributed by atoms with Crippen LogP contribution >= 0.6 is 27.3 Å². The molecule has 1 saturated heterocycles. The number of amides is 2. The maximum atomic E-state index is 12.1. The predicted octanol–water partition coefficient (Wildman–Crippen LogP) is 1.70. The molecule has 2 rings (SSSR count). The molecule has 1 aromatic rings. The largest absolute Gasteiger partial charge is 0.354 e. The van der Waals surface area contributed by atoms with E-state index in [0.717, 1.165) is 29.7 Å². The van der Waals surface area contributed by atoms with Crippen molar-refractivity contribution < 1.29 is 9.59 Å². The summed E-state index contributed by atoms with van der Waals surface area (Å²) in [6.07, 6.45) is 2.30. The molecule has 2 amide bonds. The van der Waals surface area contributed by atoms with Crippen LogP contribution < -0.4 is 10.6 Å². The van der Waals surface area contributed by atoms with Gasteiger partial charge in [-0.3, -0.25) is 9.59 Å². The Morgan fingerprint density at radius 1 is 1.52 bits per heavy atom. The lowest BCUT2D eigenvalue weighted by Gasteiger charge is -2.23. The Bertz CT molecular complexity index is 500. The lowest BCUT2D eigenvalue weighted by molar-refractivity contribution is -0.121. The molecule has 7 heteroatoms. The van der Waals surface area contributed by atoms with Gasteiger partial charge in [-0.15, -0.1) is 11.3 Å². The van der Waals surface area contributed by atoms with Gasteiger partial charge in [-0.05, 0) is 59.9 Å². The van der Waals surface area contributed by atoms with Gasteiger partial charge in [0, 0.05) is 13.6 Å². The average Bonchev–Trinajstić information content (AvgIpc) is 2.92. The highest BCUT2D eigenvalue weighted by molar-refractivity contribution is 9.11. The van der Waals surface area contributed by atoms with Gasteiger partial charge >= 0.3 is 0 Å². The lowest BCUT2D eigenvalue weighted by atomic mass is 10.00. The summed E-state index contributed by atoms with van der Waals surface area (Å²) in [6, 6.07) is 3.60. The van der Waals surface area contributed by atoms with Crippen LogP contribution in [-0.2, 0) is 4.79 Å². The zero-order chi connectivity index (χ0) is 15.2. The molecule has 1 aliphatic rings. The van der Waals surface area contributed by atoms with E-state index in [1.807, 2.05) is 6.07 Å². The summed E-state index contributed by atoms with van der Waals surface area (Å²) in [7, 11) is 1.65. The first kappa shape index (κ1) is 16.5. The summed E-state index contributed by atoms with van der Waals surface area (Å²) >= 11 is 4.70. The second-order valence-corrected chi connectivity index (χ2v) is 7.74. The summed E-state index contributed by atoms with van der Waals surface area (Å²) in [5, 5.41) is 6.24. The maximum absolute atomic E-state index is 12.1. The molecule has 2 N–H and O–H groups in total. The molecule has 21 heavy (non-hydrogen) atoms. The molecule has 0 aliphatic carbocycles. The summed E-state index contributed by atoms with van der Waals surface area (Å²) in [4.78, 5) is 26.1. The van der Waals surface area contributed by atoms with Crippen LogP contribution in [0.1, 0.15) is 22.5 Å². The van der Waals surface area contributed by atoms with E-state index in [1.54, 1.807) is 13.1 Å². The zero-order valence-electron chi connectivity index (χ0n) is 12.0. The zero-order valence-corrected chi connectivity index (χ0v) is 14.4. The summed E-state index contributed by atoms with van der Waals surface area (Å²) in [5.41, 5.74) is 0. The number of likely N-dealkylation sites (N-methyl/N-ethyl adjacent to an activating group) is 1. The average molecular weight is 374 g/mol. The van der Waals surface area contributed by atoms with Gasteiger partial charge in [0.1, 0.15) is 0 Å². The van der Waals surface area contributed by atoms with Crippen molar-refractivity contribution in [2.24, 2.45) is 5.92 Å². The van der Waals surface area contributed by atoms with E-state index in [0.29, 0.717) is 17.3 Å². The molecular weight excluding hydrogens is 354 g/mol. The molecule has 0 saturated carbocycles. The summed E-state index contributed by atoms with van der Waals surface area (Å²) in [5.74, 6) is 0.268. The van der Waals surface area contributed by atoms with E-state index < -0.39 is 0 Å². The van der Waals surface area contributed by atoms with Crippen LogP contribution in [0.5, 0.6) is 0 Å². The van der Waals surface area contributed by atoms with Gasteiger partial charge in [-0.2, -0.15) is 0 Å². The first-order valence-electron chi connectivity index (χ1n) is 7.04. The number of carbonyl (C=O) groups is 2. The molecule has 5 nitrogen and oxygen atoms in total. The molecule has 1 fully saturated rings. The predicted molar refractivity (Wildman–Crippen MR) is 87.6 cm³/mol. The molecule has 1 unspecified atom stereocenters. The fourth-order valence-corrected chi connectivity index (χ4v) is 3.70. The number of nitrogens with one attached hydrogen (secondary N) is 2. The van der Waals surface area contributed by atoms with Crippen LogP contribution in [0.3, 0.4) is 0 Å². The van der Waals surface area contributed by atoms with Crippen LogP contribution in [0.25, 0.3) is 0 Å². The van der Waals surface area contributed by atoms with Crippen LogP contribution in [0.15, 0.2) is 15.9 Å². The second-order valence-electron chi connectivity index (χ2n) is 5.28. The number of hydrogen-bond donors (Lipinski definition) is 2. The molecule has 0 aromatic carbocycles. The summed E-state index contributed by atoms with van der Waals surface area (Å²) < 4.78 is 0.911. The van der Waals surface area contributed by atoms with Crippen molar-refractivity contribution in [3.8, 4) is 0 Å². The molecule has 1 aliphatic heterocycles. The molecular formula is C14H20BrN3O2S. The van der Waals surface area contributed by atoms with Gasteiger partial charge in [-0.25, -0.2) is 0 Å². The van der Waals surface area contributed by atoms with Gasteiger partial charge < -0.3 is 15.5 Å². The van der Waals surface area contributed by atoms with E-state index in [9.17, 15) is 9.59 Å².